The van der Waals surface area contributed by atoms with E-state index in [9.17, 15) is 14.4 Å². The van der Waals surface area contributed by atoms with E-state index in [-0.39, 0.29) is 24.3 Å². The second-order valence-corrected chi connectivity index (χ2v) is 10.6. The third-order valence-corrected chi connectivity index (χ3v) is 8.35. The number of rotatable bonds is 5. The molecule has 0 saturated carbocycles. The van der Waals surface area contributed by atoms with E-state index in [1.807, 2.05) is 4.90 Å². The number of aliphatic hydroxyl groups is 1. The molecule has 1 N–H and O–H groups in total. The Kier molecular flexibility index (Phi) is 7.69. The van der Waals surface area contributed by atoms with Crippen LogP contribution in [0.25, 0.3) is 0 Å². The zero-order chi connectivity index (χ0) is 26.8. The number of aromatic nitrogens is 2. The number of benzene rings is 1. The monoisotopic (exact) mass is 522 g/mol. The van der Waals surface area contributed by atoms with Gasteiger partial charge in [-0.25, -0.2) is 0 Å². The predicted molar refractivity (Wildman–Crippen MR) is 143 cm³/mol. The summed E-state index contributed by atoms with van der Waals surface area (Å²) in [5, 5.41) is 13.8. The largest absolute Gasteiger partial charge is 0.387 e. The van der Waals surface area contributed by atoms with Crippen molar-refractivity contribution in [1.29, 1.82) is 0 Å². The minimum Gasteiger partial charge on any atom is -0.387 e. The molecule has 3 heterocycles. The molecular weight excluding hydrogens is 484 g/mol. The average Bonchev–Trinajstić information content (AvgIpc) is 3.32. The molecule has 10 nitrogen and oxygen atoms in total. The van der Waals surface area contributed by atoms with Crippen molar-refractivity contribution in [3.63, 3.8) is 0 Å². The molecule has 1 aliphatic carbocycles. The normalized spacial score (nSPS) is 18.0. The van der Waals surface area contributed by atoms with Crippen LogP contribution in [0.1, 0.15) is 45.7 Å². The first-order chi connectivity index (χ1) is 18.4. The molecule has 1 aromatic heterocycles. The Morgan fingerprint density at radius 1 is 0.842 bits per heavy atom. The van der Waals surface area contributed by atoms with Crippen LogP contribution in [0.15, 0.2) is 18.2 Å². The molecule has 2 aromatic rings. The van der Waals surface area contributed by atoms with Crippen LogP contribution in [0.2, 0.25) is 0 Å². The Bertz CT molecular complexity index is 1210. The van der Waals surface area contributed by atoms with Crippen LogP contribution in [0, 0.1) is 13.8 Å². The molecule has 5 rings (SSSR count). The van der Waals surface area contributed by atoms with Gasteiger partial charge in [-0.3, -0.25) is 19.1 Å². The van der Waals surface area contributed by atoms with E-state index in [2.05, 4.69) is 36.9 Å². The number of nitrogens with zero attached hydrogens (tertiary/aromatic N) is 6. The van der Waals surface area contributed by atoms with Gasteiger partial charge in [0.1, 0.15) is 13.2 Å². The first-order valence-corrected chi connectivity index (χ1v) is 13.7. The summed E-state index contributed by atoms with van der Waals surface area (Å²) in [4.78, 5) is 46.1. The third kappa shape index (κ3) is 5.14. The van der Waals surface area contributed by atoms with E-state index in [0.717, 1.165) is 50.0 Å². The summed E-state index contributed by atoms with van der Waals surface area (Å²) in [6.45, 7) is 8.46. The molecule has 2 fully saturated rings. The van der Waals surface area contributed by atoms with E-state index >= 15 is 0 Å². The highest BCUT2D eigenvalue weighted by atomic mass is 16.3. The fraction of sp³-hybridized carbons (Fsp3) is 0.571. The summed E-state index contributed by atoms with van der Waals surface area (Å²) in [6, 6.07) is 6.36. The van der Waals surface area contributed by atoms with E-state index in [4.69, 9.17) is 10.2 Å². The second kappa shape index (κ2) is 11.1. The Morgan fingerprint density at radius 3 is 2.18 bits per heavy atom. The second-order valence-electron chi connectivity index (χ2n) is 10.6. The molecule has 1 aromatic carbocycles. The Morgan fingerprint density at radius 2 is 1.47 bits per heavy atom. The smallest absolute Gasteiger partial charge is 0.274 e. The molecule has 2 saturated heterocycles. The van der Waals surface area contributed by atoms with Gasteiger partial charge in [0.15, 0.2) is 5.69 Å². The van der Waals surface area contributed by atoms with Gasteiger partial charge in [-0.05, 0) is 56.7 Å². The van der Waals surface area contributed by atoms with Crippen LogP contribution in [0.5, 0.6) is 0 Å². The molecule has 0 atom stereocenters. The Hall–Kier alpha value is -3.40. The lowest BCUT2D eigenvalue weighted by Gasteiger charge is -2.37. The van der Waals surface area contributed by atoms with Crippen molar-refractivity contribution < 1.29 is 19.5 Å². The van der Waals surface area contributed by atoms with Crippen molar-refractivity contribution in [2.24, 2.45) is 0 Å². The van der Waals surface area contributed by atoms with Crippen LogP contribution < -0.4 is 4.90 Å². The third-order valence-electron chi connectivity index (χ3n) is 8.35. The summed E-state index contributed by atoms with van der Waals surface area (Å²) >= 11 is 0. The van der Waals surface area contributed by atoms with Gasteiger partial charge >= 0.3 is 0 Å². The number of piperazine rings is 2. The highest BCUT2D eigenvalue weighted by Crippen LogP contribution is 2.27. The van der Waals surface area contributed by atoms with E-state index in [1.165, 1.54) is 16.8 Å². The maximum Gasteiger partial charge on any atom is 0.274 e. The number of carbonyl (C=O) groups is 3. The van der Waals surface area contributed by atoms with E-state index < -0.39 is 6.61 Å². The first kappa shape index (κ1) is 26.2. The zero-order valence-corrected chi connectivity index (χ0v) is 22.5. The molecule has 38 heavy (non-hydrogen) atoms. The molecule has 0 unspecified atom stereocenters. The quantitative estimate of drug-likeness (QED) is 0.629. The number of aliphatic hydroxyl groups excluding tert-OH is 1. The summed E-state index contributed by atoms with van der Waals surface area (Å²) in [5.74, 6) is -0.406. The van der Waals surface area contributed by atoms with Crippen molar-refractivity contribution in [3.8, 4) is 0 Å². The number of anilines is 1. The number of amides is 3. The van der Waals surface area contributed by atoms with Crippen molar-refractivity contribution in [2.45, 2.75) is 46.1 Å². The summed E-state index contributed by atoms with van der Waals surface area (Å²) in [6.07, 6.45) is 3.65. The number of carbonyl (C=O) groups excluding carboxylic acids is 3. The molecule has 3 aliphatic rings. The molecule has 10 heteroatoms. The number of hydrogen-bond acceptors (Lipinski definition) is 6. The molecule has 0 radical (unpaired) electrons. The van der Waals surface area contributed by atoms with Gasteiger partial charge in [0.2, 0.25) is 11.8 Å². The Balaban J connectivity index is 1.24. The molecule has 3 amide bonds. The standard InChI is InChI=1S/C28H38N6O4/c1-20-6-5-9-23(21(20)2)30-10-12-31(13-11-30)25(36)18-34-24-8-4-3-7-22(24)27(29-34)28(38)33-16-14-32(15-17-33)26(37)19-35/h5-6,9,35H,3-4,7-8,10-19H2,1-2H3. The Labute approximate surface area is 223 Å². The molecule has 0 bridgehead atoms. The number of fused-ring (bicyclic) bond motifs is 1. The molecule has 2 aliphatic heterocycles. The molecular formula is C28H38N6O4. The predicted octanol–water partition coefficient (Wildman–Crippen LogP) is 1.00. The topological polar surface area (TPSA) is 102 Å². The SMILES string of the molecule is Cc1cccc(N2CCN(C(=O)Cn3nc(C(=O)N4CCN(C(=O)CO)CC4)c4c3CCCC4)CC2)c1C. The van der Waals surface area contributed by atoms with Gasteiger partial charge in [-0.1, -0.05) is 12.1 Å². The number of aryl methyl sites for hydroxylation is 1. The van der Waals surface area contributed by atoms with Crippen LogP contribution in [0.4, 0.5) is 5.69 Å². The first-order valence-electron chi connectivity index (χ1n) is 13.7. The van der Waals surface area contributed by atoms with Crippen LogP contribution in [-0.2, 0) is 29.0 Å². The van der Waals surface area contributed by atoms with Gasteiger partial charge in [-0.15, -0.1) is 0 Å². The van der Waals surface area contributed by atoms with E-state index in [0.29, 0.717) is 45.0 Å². The molecule has 204 valence electrons. The minimum atomic E-state index is -0.513. The fourth-order valence-electron chi connectivity index (χ4n) is 5.89. The minimum absolute atomic E-state index is 0.0385. The van der Waals surface area contributed by atoms with Crippen molar-refractivity contribution in [3.05, 3.63) is 46.3 Å². The van der Waals surface area contributed by atoms with Crippen molar-refractivity contribution in [1.82, 2.24) is 24.5 Å². The van der Waals surface area contributed by atoms with Crippen molar-refractivity contribution in [2.75, 3.05) is 63.9 Å². The lowest BCUT2D eigenvalue weighted by Crippen LogP contribution is -2.51. The fourth-order valence-corrected chi connectivity index (χ4v) is 5.89. The summed E-state index contributed by atoms with van der Waals surface area (Å²) in [5.41, 5.74) is 6.24. The molecule has 0 spiro atoms. The van der Waals surface area contributed by atoms with Gasteiger partial charge in [0, 0.05) is 69.3 Å². The zero-order valence-electron chi connectivity index (χ0n) is 22.5. The van der Waals surface area contributed by atoms with Gasteiger partial charge in [0.05, 0.1) is 0 Å². The highest BCUT2D eigenvalue weighted by Gasteiger charge is 2.32. The van der Waals surface area contributed by atoms with Gasteiger partial charge in [0.25, 0.3) is 5.91 Å². The van der Waals surface area contributed by atoms with E-state index in [1.54, 1.807) is 14.5 Å². The summed E-state index contributed by atoms with van der Waals surface area (Å²) in [7, 11) is 0. The summed E-state index contributed by atoms with van der Waals surface area (Å²) < 4.78 is 1.77. The van der Waals surface area contributed by atoms with Crippen LogP contribution in [-0.4, -0.2) is 106 Å². The maximum absolute atomic E-state index is 13.4. The maximum atomic E-state index is 13.4. The highest BCUT2D eigenvalue weighted by molar-refractivity contribution is 5.94. The van der Waals surface area contributed by atoms with Gasteiger partial charge < -0.3 is 24.7 Å². The van der Waals surface area contributed by atoms with Crippen LogP contribution in [0.3, 0.4) is 0 Å². The lowest BCUT2D eigenvalue weighted by atomic mass is 9.95. The number of hydrogen-bond donors (Lipinski definition) is 1. The van der Waals surface area contributed by atoms with Crippen molar-refractivity contribution >= 4 is 23.4 Å². The van der Waals surface area contributed by atoms with Gasteiger partial charge in [-0.2, -0.15) is 5.10 Å². The average molecular weight is 523 g/mol. The lowest BCUT2D eigenvalue weighted by molar-refractivity contribution is -0.135. The van der Waals surface area contributed by atoms with Crippen LogP contribution >= 0.6 is 0 Å².